The third-order valence-corrected chi connectivity index (χ3v) is 7.61. The fourth-order valence-electron chi connectivity index (χ4n) is 6.10. The quantitative estimate of drug-likeness (QED) is 0.402. The SMILES string of the molecule is COC(=C1C2CC3CC1CC(Cl)(C3)C2)c1ccc(C)c(OCc2ccccc2)c1. The highest BCUT2D eigenvalue weighted by Crippen LogP contribution is 2.61. The van der Waals surface area contributed by atoms with Crippen molar-refractivity contribution in [2.24, 2.45) is 17.8 Å². The molecule has 4 aliphatic rings. The maximum Gasteiger partial charge on any atom is 0.125 e. The Morgan fingerprint density at radius 2 is 1.76 bits per heavy atom. The summed E-state index contributed by atoms with van der Waals surface area (Å²) in [5, 5.41) is 0. The van der Waals surface area contributed by atoms with E-state index in [4.69, 9.17) is 21.1 Å². The van der Waals surface area contributed by atoms with Crippen molar-refractivity contribution in [2.75, 3.05) is 7.11 Å². The number of methoxy groups -OCH3 is 1. The molecule has 0 spiro atoms. The van der Waals surface area contributed by atoms with Crippen molar-refractivity contribution < 1.29 is 9.47 Å². The fraction of sp³-hybridized carbons (Fsp3) is 0.462. The Morgan fingerprint density at radius 1 is 1.03 bits per heavy atom. The van der Waals surface area contributed by atoms with Gasteiger partial charge in [-0.2, -0.15) is 0 Å². The molecule has 152 valence electrons. The standard InChI is InChI=1S/C26H29ClO2/c1-17-8-9-20(12-23(17)29-16-18-6-4-3-5-7-18)25(28-2)24-21-10-19-11-22(24)15-26(27,13-19)14-21/h3-9,12,19,21-22H,10-11,13-16H2,1-2H3. The number of alkyl halides is 1. The maximum atomic E-state index is 6.95. The number of halogens is 1. The van der Waals surface area contributed by atoms with Crippen LogP contribution in [0.5, 0.6) is 5.75 Å². The van der Waals surface area contributed by atoms with Crippen molar-refractivity contribution in [3.8, 4) is 5.75 Å². The lowest BCUT2D eigenvalue weighted by Gasteiger charge is -2.55. The molecule has 2 aromatic rings. The van der Waals surface area contributed by atoms with Crippen molar-refractivity contribution in [3.05, 3.63) is 70.8 Å². The summed E-state index contributed by atoms with van der Waals surface area (Å²) in [7, 11) is 1.81. The molecule has 2 atom stereocenters. The van der Waals surface area contributed by atoms with E-state index in [1.54, 1.807) is 0 Å². The minimum absolute atomic E-state index is 0.0378. The lowest BCUT2D eigenvalue weighted by atomic mass is 9.53. The predicted molar refractivity (Wildman–Crippen MR) is 118 cm³/mol. The molecule has 0 saturated heterocycles. The minimum atomic E-state index is 0.0378. The Kier molecular flexibility index (Phi) is 4.86. The lowest BCUT2D eigenvalue weighted by Crippen LogP contribution is -2.48. The Morgan fingerprint density at radius 3 is 2.41 bits per heavy atom. The summed E-state index contributed by atoms with van der Waals surface area (Å²) >= 11 is 6.95. The molecule has 4 fully saturated rings. The Balaban J connectivity index is 1.46. The number of benzene rings is 2. The molecule has 4 aliphatic carbocycles. The van der Waals surface area contributed by atoms with Gasteiger partial charge in [0.05, 0.1) is 7.11 Å². The predicted octanol–water partition coefficient (Wildman–Crippen LogP) is 6.75. The van der Waals surface area contributed by atoms with Gasteiger partial charge in [0.25, 0.3) is 0 Å². The van der Waals surface area contributed by atoms with E-state index in [9.17, 15) is 0 Å². The molecule has 0 aromatic heterocycles. The summed E-state index contributed by atoms with van der Waals surface area (Å²) in [4.78, 5) is 0.0378. The topological polar surface area (TPSA) is 18.5 Å². The number of rotatable bonds is 5. The van der Waals surface area contributed by atoms with Crippen LogP contribution >= 0.6 is 11.6 Å². The van der Waals surface area contributed by atoms with E-state index in [0.29, 0.717) is 18.4 Å². The first kappa shape index (κ1) is 19.1. The van der Waals surface area contributed by atoms with E-state index in [1.165, 1.54) is 30.4 Å². The maximum absolute atomic E-state index is 6.95. The zero-order chi connectivity index (χ0) is 20.0. The number of aryl methyl sites for hydroxylation is 1. The van der Waals surface area contributed by atoms with E-state index in [2.05, 4.69) is 37.3 Å². The molecule has 4 bridgehead atoms. The molecule has 0 N–H and O–H groups in total. The third-order valence-electron chi connectivity index (χ3n) is 7.15. The zero-order valence-corrected chi connectivity index (χ0v) is 18.0. The van der Waals surface area contributed by atoms with Gasteiger partial charge in [-0.05, 0) is 79.5 Å². The molecule has 0 radical (unpaired) electrons. The van der Waals surface area contributed by atoms with Crippen molar-refractivity contribution in [3.63, 3.8) is 0 Å². The molecular weight excluding hydrogens is 380 g/mol. The summed E-state index contributed by atoms with van der Waals surface area (Å²) in [5.41, 5.74) is 4.97. The molecule has 2 unspecified atom stereocenters. The van der Waals surface area contributed by atoms with Crippen LogP contribution in [-0.2, 0) is 11.3 Å². The second kappa shape index (κ2) is 7.40. The molecule has 3 heteroatoms. The summed E-state index contributed by atoms with van der Waals surface area (Å²) < 4.78 is 12.2. The van der Waals surface area contributed by atoms with E-state index in [0.717, 1.165) is 41.4 Å². The first-order chi connectivity index (χ1) is 14.0. The average molecular weight is 409 g/mol. The van der Waals surface area contributed by atoms with Gasteiger partial charge in [0, 0.05) is 10.4 Å². The van der Waals surface area contributed by atoms with E-state index >= 15 is 0 Å². The third kappa shape index (κ3) is 3.57. The molecule has 0 amide bonds. The molecule has 2 nitrogen and oxygen atoms in total. The van der Waals surface area contributed by atoms with Crippen LogP contribution in [0.15, 0.2) is 54.1 Å². The van der Waals surface area contributed by atoms with Crippen LogP contribution in [0.25, 0.3) is 5.76 Å². The van der Waals surface area contributed by atoms with Crippen LogP contribution in [0.1, 0.15) is 48.8 Å². The van der Waals surface area contributed by atoms with Gasteiger partial charge in [-0.15, -0.1) is 11.6 Å². The first-order valence-electron chi connectivity index (χ1n) is 10.8. The smallest absolute Gasteiger partial charge is 0.125 e. The normalized spacial score (nSPS) is 29.8. The Bertz CT molecular complexity index is 915. The minimum Gasteiger partial charge on any atom is -0.496 e. The van der Waals surface area contributed by atoms with Gasteiger partial charge >= 0.3 is 0 Å². The van der Waals surface area contributed by atoms with Gasteiger partial charge in [0.1, 0.15) is 18.1 Å². The number of ether oxygens (including phenoxy) is 2. The lowest BCUT2D eigenvalue weighted by molar-refractivity contribution is 0.0843. The van der Waals surface area contributed by atoms with Gasteiger partial charge in [-0.25, -0.2) is 0 Å². The molecule has 2 aromatic carbocycles. The van der Waals surface area contributed by atoms with Crippen molar-refractivity contribution in [2.45, 2.75) is 50.5 Å². The highest BCUT2D eigenvalue weighted by molar-refractivity contribution is 6.24. The van der Waals surface area contributed by atoms with Crippen molar-refractivity contribution in [1.29, 1.82) is 0 Å². The van der Waals surface area contributed by atoms with Gasteiger partial charge in [0.15, 0.2) is 0 Å². The molecule has 4 saturated carbocycles. The van der Waals surface area contributed by atoms with Crippen LogP contribution in [0.4, 0.5) is 0 Å². The van der Waals surface area contributed by atoms with Crippen LogP contribution < -0.4 is 4.74 Å². The highest BCUT2D eigenvalue weighted by atomic mass is 35.5. The summed E-state index contributed by atoms with van der Waals surface area (Å²) in [6.45, 7) is 2.68. The van der Waals surface area contributed by atoms with Gasteiger partial charge in [-0.1, -0.05) is 42.5 Å². The summed E-state index contributed by atoms with van der Waals surface area (Å²) in [5.74, 6) is 3.93. The number of allylic oxidation sites excluding steroid dienone is 1. The second-order valence-electron chi connectivity index (χ2n) is 9.24. The van der Waals surface area contributed by atoms with Crippen LogP contribution in [-0.4, -0.2) is 12.0 Å². The first-order valence-corrected chi connectivity index (χ1v) is 11.2. The monoisotopic (exact) mass is 408 g/mol. The molecule has 29 heavy (non-hydrogen) atoms. The molecular formula is C26H29ClO2. The zero-order valence-electron chi connectivity index (χ0n) is 17.3. The molecule has 6 rings (SSSR count). The van der Waals surface area contributed by atoms with E-state index in [-0.39, 0.29) is 4.87 Å². The van der Waals surface area contributed by atoms with Crippen molar-refractivity contribution in [1.82, 2.24) is 0 Å². The summed E-state index contributed by atoms with van der Waals surface area (Å²) in [6, 6.07) is 16.8. The van der Waals surface area contributed by atoms with Gasteiger partial charge in [-0.3, -0.25) is 0 Å². The Labute approximate surface area is 178 Å². The fourth-order valence-corrected chi connectivity index (χ4v) is 6.69. The highest BCUT2D eigenvalue weighted by Gasteiger charge is 2.53. The van der Waals surface area contributed by atoms with Gasteiger partial charge in [0.2, 0.25) is 0 Å². The number of hydrogen-bond acceptors (Lipinski definition) is 2. The average Bonchev–Trinajstić information content (AvgIpc) is 2.70. The largest absolute Gasteiger partial charge is 0.496 e. The van der Waals surface area contributed by atoms with Gasteiger partial charge < -0.3 is 9.47 Å². The second-order valence-corrected chi connectivity index (χ2v) is 10.0. The van der Waals surface area contributed by atoms with E-state index in [1.807, 2.05) is 25.3 Å². The molecule has 0 aliphatic heterocycles. The Hall–Kier alpha value is -1.93. The van der Waals surface area contributed by atoms with Crippen LogP contribution in [0, 0.1) is 24.7 Å². The van der Waals surface area contributed by atoms with Crippen LogP contribution in [0.3, 0.4) is 0 Å². The molecule has 0 heterocycles. The number of hydrogen-bond donors (Lipinski definition) is 0. The van der Waals surface area contributed by atoms with Crippen LogP contribution in [0.2, 0.25) is 0 Å². The van der Waals surface area contributed by atoms with E-state index < -0.39 is 0 Å². The summed E-state index contributed by atoms with van der Waals surface area (Å²) in [6.07, 6.45) is 5.96. The van der Waals surface area contributed by atoms with Crippen molar-refractivity contribution >= 4 is 17.4 Å².